The van der Waals surface area contributed by atoms with Gasteiger partial charge in [-0.3, -0.25) is 4.79 Å². The van der Waals surface area contributed by atoms with Gasteiger partial charge in [0.05, 0.1) is 6.26 Å². The monoisotopic (exact) mass is 348 g/mol. The number of benzene rings is 1. The molecule has 1 amide bonds. The highest BCUT2D eigenvalue weighted by molar-refractivity contribution is 5.99. The summed E-state index contributed by atoms with van der Waals surface area (Å²) >= 11 is 0. The molecule has 2 N–H and O–H groups in total. The maximum atomic E-state index is 12.7. The molecule has 0 fully saturated rings. The molecule has 130 valence electrons. The van der Waals surface area contributed by atoms with Crippen molar-refractivity contribution in [3.05, 3.63) is 66.1 Å². The minimum Gasteiger partial charge on any atom is -0.461 e. The lowest BCUT2D eigenvalue weighted by Crippen LogP contribution is -2.24. The predicted octanol–water partition coefficient (Wildman–Crippen LogP) is 2.36. The fourth-order valence-corrected chi connectivity index (χ4v) is 2.59. The van der Waals surface area contributed by atoms with Gasteiger partial charge in [-0.25, -0.2) is 9.97 Å². The zero-order chi connectivity index (χ0) is 17.9. The topological polar surface area (TPSA) is 97.3 Å². The third-order valence-corrected chi connectivity index (χ3v) is 3.87. The number of anilines is 1. The SMILES string of the molecule is CNc1ncc(C(=O)NCc2ccccc2)c2nc(-c3ccco3)nn12. The molecule has 3 heterocycles. The van der Waals surface area contributed by atoms with Gasteiger partial charge in [0.1, 0.15) is 5.56 Å². The van der Waals surface area contributed by atoms with Crippen molar-refractivity contribution in [3.63, 3.8) is 0 Å². The second kappa shape index (κ2) is 6.67. The first-order valence-corrected chi connectivity index (χ1v) is 8.06. The number of nitrogens with zero attached hydrogens (tertiary/aromatic N) is 4. The number of carbonyl (C=O) groups excluding carboxylic acids is 1. The van der Waals surface area contributed by atoms with Crippen LogP contribution in [0.3, 0.4) is 0 Å². The Bertz CT molecular complexity index is 1040. The molecule has 4 aromatic rings. The van der Waals surface area contributed by atoms with Crippen LogP contribution in [0.2, 0.25) is 0 Å². The number of fused-ring (bicyclic) bond motifs is 1. The summed E-state index contributed by atoms with van der Waals surface area (Å²) in [5, 5.41) is 10.2. The molecule has 0 saturated heterocycles. The molecule has 4 rings (SSSR count). The molecule has 0 saturated carbocycles. The third-order valence-electron chi connectivity index (χ3n) is 3.87. The Morgan fingerprint density at radius 2 is 2.04 bits per heavy atom. The first-order chi connectivity index (χ1) is 12.8. The Morgan fingerprint density at radius 3 is 2.77 bits per heavy atom. The minimum atomic E-state index is -0.271. The fraction of sp³-hybridized carbons (Fsp3) is 0.111. The number of hydrogen-bond acceptors (Lipinski definition) is 6. The van der Waals surface area contributed by atoms with Crippen molar-refractivity contribution >= 4 is 17.5 Å². The average Bonchev–Trinajstić information content (AvgIpc) is 3.35. The molecule has 0 bridgehead atoms. The molecule has 0 aliphatic carbocycles. The average molecular weight is 348 g/mol. The summed E-state index contributed by atoms with van der Waals surface area (Å²) in [6.45, 7) is 0.415. The van der Waals surface area contributed by atoms with E-state index < -0.39 is 0 Å². The number of furan rings is 1. The number of nitrogens with one attached hydrogen (secondary N) is 2. The van der Waals surface area contributed by atoms with Crippen molar-refractivity contribution in [2.45, 2.75) is 6.54 Å². The molecule has 0 spiro atoms. The molecule has 0 atom stereocenters. The van der Waals surface area contributed by atoms with E-state index in [1.54, 1.807) is 25.4 Å². The predicted molar refractivity (Wildman–Crippen MR) is 95.6 cm³/mol. The molecule has 0 radical (unpaired) electrons. The highest BCUT2D eigenvalue weighted by Gasteiger charge is 2.19. The van der Waals surface area contributed by atoms with E-state index in [-0.39, 0.29) is 5.91 Å². The van der Waals surface area contributed by atoms with Gasteiger partial charge < -0.3 is 15.1 Å². The van der Waals surface area contributed by atoms with Crippen molar-refractivity contribution in [3.8, 4) is 11.6 Å². The zero-order valence-corrected chi connectivity index (χ0v) is 14.0. The van der Waals surface area contributed by atoms with Gasteiger partial charge in [-0.05, 0) is 17.7 Å². The first-order valence-electron chi connectivity index (χ1n) is 8.06. The van der Waals surface area contributed by atoms with Crippen molar-refractivity contribution in [2.24, 2.45) is 0 Å². The van der Waals surface area contributed by atoms with Gasteiger partial charge in [0, 0.05) is 19.8 Å². The molecule has 8 heteroatoms. The Labute approximate surface area is 148 Å². The summed E-state index contributed by atoms with van der Waals surface area (Å²) in [4.78, 5) is 21.4. The van der Waals surface area contributed by atoms with Gasteiger partial charge in [-0.2, -0.15) is 4.52 Å². The van der Waals surface area contributed by atoms with Gasteiger partial charge in [0.25, 0.3) is 5.91 Å². The number of amides is 1. The van der Waals surface area contributed by atoms with Crippen LogP contribution in [-0.2, 0) is 6.54 Å². The Hall–Kier alpha value is -3.68. The van der Waals surface area contributed by atoms with Crippen molar-refractivity contribution in [2.75, 3.05) is 12.4 Å². The number of carbonyl (C=O) groups is 1. The maximum absolute atomic E-state index is 12.7. The van der Waals surface area contributed by atoms with Crippen LogP contribution in [0.4, 0.5) is 5.95 Å². The normalized spacial score (nSPS) is 10.8. The maximum Gasteiger partial charge on any atom is 0.256 e. The molecule has 0 aliphatic rings. The molecule has 3 aromatic heterocycles. The van der Waals surface area contributed by atoms with Crippen molar-refractivity contribution in [1.29, 1.82) is 0 Å². The van der Waals surface area contributed by atoms with E-state index in [1.165, 1.54) is 10.7 Å². The van der Waals surface area contributed by atoms with Crippen LogP contribution in [0.1, 0.15) is 15.9 Å². The molecule has 26 heavy (non-hydrogen) atoms. The largest absolute Gasteiger partial charge is 0.461 e. The van der Waals surface area contributed by atoms with Gasteiger partial charge in [-0.15, -0.1) is 5.10 Å². The van der Waals surface area contributed by atoms with Crippen LogP contribution in [0.5, 0.6) is 0 Å². The van der Waals surface area contributed by atoms with Gasteiger partial charge >= 0.3 is 0 Å². The van der Waals surface area contributed by atoms with Crippen LogP contribution in [0.25, 0.3) is 17.2 Å². The van der Waals surface area contributed by atoms with E-state index in [2.05, 4.69) is 25.7 Å². The van der Waals surface area contributed by atoms with E-state index in [9.17, 15) is 4.79 Å². The highest BCUT2D eigenvalue weighted by Crippen LogP contribution is 2.20. The lowest BCUT2D eigenvalue weighted by Gasteiger charge is -2.07. The molecule has 8 nitrogen and oxygen atoms in total. The lowest BCUT2D eigenvalue weighted by atomic mass is 10.2. The van der Waals surface area contributed by atoms with Crippen molar-refractivity contribution < 1.29 is 9.21 Å². The quantitative estimate of drug-likeness (QED) is 0.575. The fourth-order valence-electron chi connectivity index (χ4n) is 2.59. The van der Waals surface area contributed by atoms with Crippen LogP contribution >= 0.6 is 0 Å². The van der Waals surface area contributed by atoms with Gasteiger partial charge in [0.2, 0.25) is 11.8 Å². The Balaban J connectivity index is 1.69. The Kier molecular flexibility index (Phi) is 4.06. The summed E-state index contributed by atoms with van der Waals surface area (Å²) in [7, 11) is 1.73. The molecule has 1 aromatic carbocycles. The summed E-state index contributed by atoms with van der Waals surface area (Å²) in [6.07, 6.45) is 3.04. The van der Waals surface area contributed by atoms with E-state index in [0.717, 1.165) is 5.56 Å². The third kappa shape index (κ3) is 2.88. The number of aromatic nitrogens is 4. The first kappa shape index (κ1) is 15.8. The second-order valence-electron chi connectivity index (χ2n) is 5.56. The summed E-state index contributed by atoms with van der Waals surface area (Å²) in [6, 6.07) is 13.2. The van der Waals surface area contributed by atoms with Crippen LogP contribution in [0.15, 0.2) is 59.3 Å². The Morgan fingerprint density at radius 1 is 1.19 bits per heavy atom. The minimum absolute atomic E-state index is 0.271. The second-order valence-corrected chi connectivity index (χ2v) is 5.56. The molecular formula is C18H16N6O2. The van der Waals surface area contributed by atoms with Gasteiger partial charge in [-0.1, -0.05) is 30.3 Å². The molecular weight excluding hydrogens is 332 g/mol. The van der Waals surface area contributed by atoms with E-state index >= 15 is 0 Å². The van der Waals surface area contributed by atoms with E-state index in [4.69, 9.17) is 4.42 Å². The summed E-state index contributed by atoms with van der Waals surface area (Å²) in [5.41, 5.74) is 1.75. The zero-order valence-electron chi connectivity index (χ0n) is 14.0. The van der Waals surface area contributed by atoms with Crippen LogP contribution in [-0.4, -0.2) is 32.5 Å². The summed E-state index contributed by atoms with van der Waals surface area (Å²) in [5.74, 6) is 1.11. The number of rotatable bonds is 5. The highest BCUT2D eigenvalue weighted by atomic mass is 16.3. The van der Waals surface area contributed by atoms with Crippen LogP contribution in [0, 0.1) is 0 Å². The standard InChI is InChI=1S/C18H16N6O2/c1-19-18-21-11-13(17(25)20-10-12-6-3-2-4-7-12)16-22-15(23-24(16)18)14-8-5-9-26-14/h2-9,11H,10H2,1H3,(H,19,21)(H,20,25). The van der Waals surface area contributed by atoms with Crippen LogP contribution < -0.4 is 10.6 Å². The molecule has 0 aliphatic heterocycles. The van der Waals surface area contributed by atoms with E-state index in [0.29, 0.717) is 35.3 Å². The van der Waals surface area contributed by atoms with Crippen molar-refractivity contribution in [1.82, 2.24) is 24.9 Å². The smallest absolute Gasteiger partial charge is 0.256 e. The lowest BCUT2D eigenvalue weighted by molar-refractivity contribution is 0.0951. The number of hydrogen-bond donors (Lipinski definition) is 2. The molecule has 0 unspecified atom stereocenters. The summed E-state index contributed by atoms with van der Waals surface area (Å²) < 4.78 is 6.84. The van der Waals surface area contributed by atoms with Gasteiger partial charge in [0.15, 0.2) is 11.4 Å². The van der Waals surface area contributed by atoms with E-state index in [1.807, 2.05) is 30.3 Å².